The Morgan fingerprint density at radius 2 is 1.79 bits per heavy atom. The third-order valence-electron chi connectivity index (χ3n) is 6.80. The predicted octanol–water partition coefficient (Wildman–Crippen LogP) is 5.05. The molecule has 3 aromatic heterocycles. The minimum Gasteiger partial charge on any atom is -0.351 e. The molecule has 0 spiro atoms. The van der Waals surface area contributed by atoms with Crippen LogP contribution in [0, 0.1) is 27.7 Å². The van der Waals surface area contributed by atoms with Crippen LogP contribution in [-0.4, -0.2) is 34.3 Å². The van der Waals surface area contributed by atoms with E-state index in [1.54, 1.807) is 12.3 Å². The lowest BCUT2D eigenvalue weighted by atomic mass is 9.96. The van der Waals surface area contributed by atoms with Crippen LogP contribution in [0.2, 0.25) is 0 Å². The van der Waals surface area contributed by atoms with Gasteiger partial charge in [0.1, 0.15) is 5.82 Å². The molecule has 0 bridgehead atoms. The van der Waals surface area contributed by atoms with E-state index in [4.69, 9.17) is 12.2 Å². The quantitative estimate of drug-likeness (QED) is 0.327. The molecule has 1 fully saturated rings. The van der Waals surface area contributed by atoms with Crippen molar-refractivity contribution in [3.63, 3.8) is 0 Å². The second-order valence-electron chi connectivity index (χ2n) is 9.73. The van der Waals surface area contributed by atoms with E-state index in [1.807, 2.05) is 56.4 Å². The third-order valence-corrected chi connectivity index (χ3v) is 7.70. The molecule has 0 saturated carbocycles. The maximum absolute atomic E-state index is 11.8. The van der Waals surface area contributed by atoms with Crippen molar-refractivity contribution in [1.29, 1.82) is 0 Å². The van der Waals surface area contributed by atoms with Gasteiger partial charge in [-0.2, -0.15) is 0 Å². The van der Waals surface area contributed by atoms with Gasteiger partial charge in [0.05, 0.1) is 29.7 Å². The molecule has 0 amide bonds. The maximum atomic E-state index is 11.8. The largest absolute Gasteiger partial charge is 0.351 e. The molecule has 1 aliphatic rings. The molecule has 8 nitrogen and oxygen atoms in total. The van der Waals surface area contributed by atoms with Crippen molar-refractivity contribution in [3.8, 4) is 5.82 Å². The molecule has 38 heavy (non-hydrogen) atoms. The topological polar surface area (TPSA) is 92.2 Å². The zero-order valence-electron chi connectivity index (χ0n) is 21.9. The Balaban J connectivity index is 1.65. The van der Waals surface area contributed by atoms with E-state index in [0.29, 0.717) is 10.8 Å². The van der Waals surface area contributed by atoms with Gasteiger partial charge >= 0.3 is 0 Å². The number of thiocarbonyl (C=S) groups is 1. The second kappa shape index (κ2) is 9.85. The van der Waals surface area contributed by atoms with Gasteiger partial charge < -0.3 is 14.8 Å². The van der Waals surface area contributed by atoms with Crippen molar-refractivity contribution in [2.75, 3.05) is 15.9 Å². The summed E-state index contributed by atoms with van der Waals surface area (Å²) in [6, 6.07) is 17.4. The van der Waals surface area contributed by atoms with Crippen LogP contribution in [0.1, 0.15) is 45.9 Å². The second-order valence-corrected chi connectivity index (χ2v) is 11.9. The molecule has 1 aromatic carbocycles. The molecule has 2 N–H and O–H groups in total. The van der Waals surface area contributed by atoms with Crippen LogP contribution < -0.4 is 14.9 Å². The fraction of sp³-hybridized carbons (Fsp3) is 0.250. The van der Waals surface area contributed by atoms with Crippen molar-refractivity contribution in [3.05, 3.63) is 101 Å². The number of aromatic nitrogens is 3. The fourth-order valence-corrected chi connectivity index (χ4v) is 6.07. The van der Waals surface area contributed by atoms with Gasteiger partial charge in [-0.15, -0.1) is 0 Å². The Kier molecular flexibility index (Phi) is 6.70. The minimum atomic E-state index is -3.40. The highest BCUT2D eigenvalue weighted by molar-refractivity contribution is 7.92. The van der Waals surface area contributed by atoms with E-state index >= 15 is 0 Å². The monoisotopic (exact) mass is 546 g/mol. The number of hydrogen-bond acceptors (Lipinski definition) is 5. The normalized spacial score (nSPS) is 17.5. The SMILES string of the molecule is Cc1ccc(-n2c(C)cc([C@H]3[C@@H](c4ccccn4)NC(=S)N3c3ccc(NS(C)(=O)=O)c(C)c3)c2C)nc1. The molecule has 2 atom stereocenters. The summed E-state index contributed by atoms with van der Waals surface area (Å²) >= 11 is 5.89. The number of nitrogens with one attached hydrogen (secondary N) is 2. The van der Waals surface area contributed by atoms with Crippen molar-refractivity contribution in [1.82, 2.24) is 19.9 Å². The molecular weight excluding hydrogens is 516 g/mol. The van der Waals surface area contributed by atoms with Crippen LogP contribution in [0.25, 0.3) is 5.82 Å². The molecule has 1 aliphatic heterocycles. The summed E-state index contributed by atoms with van der Waals surface area (Å²) in [5, 5.41) is 4.08. The van der Waals surface area contributed by atoms with Gasteiger partial charge in [-0.25, -0.2) is 13.4 Å². The van der Waals surface area contributed by atoms with Gasteiger partial charge in [0.15, 0.2) is 5.11 Å². The van der Waals surface area contributed by atoms with Crippen molar-refractivity contribution < 1.29 is 8.42 Å². The van der Waals surface area contributed by atoms with Gasteiger partial charge in [0.2, 0.25) is 10.0 Å². The highest BCUT2D eigenvalue weighted by atomic mass is 32.2. The van der Waals surface area contributed by atoms with Gasteiger partial charge in [-0.1, -0.05) is 12.1 Å². The van der Waals surface area contributed by atoms with Crippen LogP contribution in [0.5, 0.6) is 0 Å². The Labute approximate surface area is 228 Å². The highest BCUT2D eigenvalue weighted by Crippen LogP contribution is 2.44. The number of anilines is 2. The predicted molar refractivity (Wildman–Crippen MR) is 155 cm³/mol. The first-order valence-corrected chi connectivity index (χ1v) is 14.5. The van der Waals surface area contributed by atoms with Gasteiger partial charge in [-0.3, -0.25) is 9.71 Å². The van der Waals surface area contributed by atoms with Gasteiger partial charge in [0, 0.05) is 29.5 Å². The fourth-order valence-electron chi connectivity index (χ4n) is 5.09. The first-order chi connectivity index (χ1) is 18.0. The smallest absolute Gasteiger partial charge is 0.229 e. The molecule has 0 aliphatic carbocycles. The molecular formula is C28H30N6O2S2. The highest BCUT2D eigenvalue weighted by Gasteiger charge is 2.42. The first-order valence-electron chi connectivity index (χ1n) is 12.2. The van der Waals surface area contributed by atoms with Crippen LogP contribution in [0.3, 0.4) is 0 Å². The van der Waals surface area contributed by atoms with E-state index < -0.39 is 10.0 Å². The Hall–Kier alpha value is -3.76. The van der Waals surface area contributed by atoms with Crippen LogP contribution in [0.4, 0.5) is 11.4 Å². The van der Waals surface area contributed by atoms with E-state index in [2.05, 4.69) is 55.5 Å². The van der Waals surface area contributed by atoms with E-state index in [9.17, 15) is 8.42 Å². The molecule has 0 radical (unpaired) electrons. The summed E-state index contributed by atoms with van der Waals surface area (Å²) < 4.78 is 28.4. The van der Waals surface area contributed by atoms with Crippen molar-refractivity contribution >= 4 is 38.7 Å². The third kappa shape index (κ3) is 4.89. The van der Waals surface area contributed by atoms with E-state index in [0.717, 1.165) is 51.5 Å². The van der Waals surface area contributed by atoms with Gasteiger partial charge in [-0.05, 0) is 99.1 Å². The number of benzene rings is 1. The maximum Gasteiger partial charge on any atom is 0.229 e. The summed E-state index contributed by atoms with van der Waals surface area (Å²) in [7, 11) is -3.40. The average Bonchev–Trinajstić information content (AvgIpc) is 3.36. The average molecular weight is 547 g/mol. The van der Waals surface area contributed by atoms with Crippen LogP contribution >= 0.6 is 12.2 Å². The van der Waals surface area contributed by atoms with Gasteiger partial charge in [0.25, 0.3) is 0 Å². The molecule has 5 rings (SSSR count). The Morgan fingerprint density at radius 3 is 2.42 bits per heavy atom. The summed E-state index contributed by atoms with van der Waals surface area (Å²) in [5.74, 6) is 0.860. The number of rotatable bonds is 6. The zero-order valence-corrected chi connectivity index (χ0v) is 23.6. The number of aryl methyl sites for hydroxylation is 3. The number of nitrogens with zero attached hydrogens (tertiary/aromatic N) is 4. The molecule has 1 saturated heterocycles. The standard InChI is InChI=1S/C28H30N6O2S2/c1-17-9-12-25(30-16-17)33-19(3)15-22(20(33)4)27-26(24-8-6-7-13-29-24)31-28(37)34(27)21-10-11-23(18(2)14-21)32-38(5,35)36/h6-16,26-27,32H,1-5H3,(H,31,37)/t26-,27+/m1/s1. The molecule has 196 valence electrons. The molecule has 10 heteroatoms. The lowest BCUT2D eigenvalue weighted by Gasteiger charge is -2.28. The molecule has 0 unspecified atom stereocenters. The summed E-state index contributed by atoms with van der Waals surface area (Å²) in [6.07, 6.45) is 4.80. The molecule has 4 aromatic rings. The van der Waals surface area contributed by atoms with Crippen LogP contribution in [-0.2, 0) is 10.0 Å². The molecule has 4 heterocycles. The Morgan fingerprint density at radius 1 is 1.00 bits per heavy atom. The van der Waals surface area contributed by atoms with Crippen molar-refractivity contribution in [2.24, 2.45) is 0 Å². The minimum absolute atomic E-state index is 0.197. The lowest BCUT2D eigenvalue weighted by Crippen LogP contribution is -2.29. The summed E-state index contributed by atoms with van der Waals surface area (Å²) in [6.45, 7) is 8.08. The lowest BCUT2D eigenvalue weighted by molar-refractivity contribution is 0.565. The van der Waals surface area contributed by atoms with Crippen LogP contribution in [0.15, 0.2) is 67.0 Å². The number of hydrogen-bond donors (Lipinski definition) is 2. The zero-order chi connectivity index (χ0) is 27.2. The Bertz CT molecular complexity index is 1620. The number of pyridine rings is 2. The number of sulfonamides is 1. The summed E-state index contributed by atoms with van der Waals surface area (Å²) in [4.78, 5) is 11.4. The first kappa shape index (κ1) is 25.9. The van der Waals surface area contributed by atoms with Crippen molar-refractivity contribution in [2.45, 2.75) is 39.8 Å². The summed E-state index contributed by atoms with van der Waals surface area (Å²) in [5.41, 5.74) is 7.41. The van der Waals surface area contributed by atoms with E-state index in [1.165, 1.54) is 0 Å². The van der Waals surface area contributed by atoms with E-state index in [-0.39, 0.29) is 12.1 Å².